The molecule has 0 aromatic heterocycles. The Morgan fingerprint density at radius 2 is 2.05 bits per heavy atom. The number of hydrogen-bond donors (Lipinski definition) is 0. The van der Waals surface area contributed by atoms with E-state index in [2.05, 4.69) is 39.0 Å². The van der Waals surface area contributed by atoms with Crippen LogP contribution in [-0.4, -0.2) is 55.1 Å². The summed E-state index contributed by atoms with van der Waals surface area (Å²) in [7, 11) is 0. The number of benzene rings is 1. The summed E-state index contributed by atoms with van der Waals surface area (Å²) in [6.45, 7) is 5.54. The molecule has 20 heavy (non-hydrogen) atoms. The van der Waals surface area contributed by atoms with Crippen LogP contribution in [0.1, 0.15) is 5.56 Å². The second-order valence-corrected chi connectivity index (χ2v) is 6.37. The van der Waals surface area contributed by atoms with Crippen LogP contribution in [0, 0.1) is 5.92 Å². The van der Waals surface area contributed by atoms with Crippen molar-refractivity contribution in [3.63, 3.8) is 0 Å². The molecule has 5 heteroatoms. The van der Waals surface area contributed by atoms with E-state index < -0.39 is 0 Å². The third-order valence-electron chi connectivity index (χ3n) is 3.92. The van der Waals surface area contributed by atoms with Crippen LogP contribution in [0.3, 0.4) is 0 Å². The van der Waals surface area contributed by atoms with Gasteiger partial charge in [0.1, 0.15) is 0 Å². The fourth-order valence-corrected chi connectivity index (χ4v) is 3.24. The highest BCUT2D eigenvalue weighted by Crippen LogP contribution is 2.22. The first kappa shape index (κ1) is 14.0. The maximum absolute atomic E-state index is 12.3. The van der Waals surface area contributed by atoms with E-state index in [9.17, 15) is 4.79 Å². The average Bonchev–Trinajstić information content (AvgIpc) is 2.43. The minimum atomic E-state index is 0.181. The van der Waals surface area contributed by atoms with Crippen LogP contribution in [0.25, 0.3) is 0 Å². The number of ether oxygens (including phenoxy) is 1. The Bertz CT molecular complexity index is 483. The second-order valence-electron chi connectivity index (χ2n) is 5.46. The van der Waals surface area contributed by atoms with E-state index in [0.717, 1.165) is 37.2 Å². The molecule has 2 aliphatic heterocycles. The largest absolute Gasteiger partial charge is 0.378 e. The summed E-state index contributed by atoms with van der Waals surface area (Å²) in [4.78, 5) is 16.5. The van der Waals surface area contributed by atoms with E-state index in [4.69, 9.17) is 4.74 Å². The molecule has 2 aliphatic rings. The molecule has 2 fully saturated rings. The Kier molecular flexibility index (Phi) is 4.38. The highest BCUT2D eigenvalue weighted by atomic mass is 79.9. The standard InChI is InChI=1S/C15H19BrN2O2/c16-14-3-1-2-12(8-14)9-17-10-13(11-17)15(19)18-4-6-20-7-5-18/h1-3,8,13H,4-7,9-11H2. The lowest BCUT2D eigenvalue weighted by atomic mass is 9.97. The van der Waals surface area contributed by atoms with Gasteiger partial charge in [0.15, 0.2) is 0 Å². The van der Waals surface area contributed by atoms with Crippen molar-refractivity contribution in [2.24, 2.45) is 5.92 Å². The maximum Gasteiger partial charge on any atom is 0.228 e. The van der Waals surface area contributed by atoms with Crippen molar-refractivity contribution in [2.75, 3.05) is 39.4 Å². The third-order valence-corrected chi connectivity index (χ3v) is 4.42. The summed E-state index contributed by atoms with van der Waals surface area (Å²) in [5.74, 6) is 0.485. The first-order valence-corrected chi connectivity index (χ1v) is 7.85. The molecular weight excluding hydrogens is 320 g/mol. The summed E-state index contributed by atoms with van der Waals surface area (Å²) >= 11 is 3.49. The lowest BCUT2D eigenvalue weighted by molar-refractivity contribution is -0.145. The van der Waals surface area contributed by atoms with Gasteiger partial charge in [0.25, 0.3) is 0 Å². The molecule has 1 amide bonds. The van der Waals surface area contributed by atoms with Gasteiger partial charge in [-0.3, -0.25) is 9.69 Å². The molecule has 1 aromatic rings. The highest BCUT2D eigenvalue weighted by Gasteiger charge is 2.35. The van der Waals surface area contributed by atoms with Crippen molar-refractivity contribution in [1.82, 2.24) is 9.80 Å². The van der Waals surface area contributed by atoms with Gasteiger partial charge in [0.05, 0.1) is 19.1 Å². The number of morpholine rings is 1. The molecule has 1 aromatic carbocycles. The summed E-state index contributed by atoms with van der Waals surface area (Å²) < 4.78 is 6.39. The van der Waals surface area contributed by atoms with Crippen molar-refractivity contribution in [3.05, 3.63) is 34.3 Å². The minimum Gasteiger partial charge on any atom is -0.378 e. The molecule has 0 bridgehead atoms. The van der Waals surface area contributed by atoms with Crippen molar-refractivity contribution in [2.45, 2.75) is 6.54 Å². The van der Waals surface area contributed by atoms with E-state index in [-0.39, 0.29) is 5.92 Å². The van der Waals surface area contributed by atoms with Gasteiger partial charge in [-0.25, -0.2) is 0 Å². The van der Waals surface area contributed by atoms with Crippen molar-refractivity contribution >= 4 is 21.8 Å². The van der Waals surface area contributed by atoms with Crippen molar-refractivity contribution in [1.29, 1.82) is 0 Å². The zero-order valence-electron chi connectivity index (χ0n) is 11.4. The number of likely N-dealkylation sites (tertiary alicyclic amines) is 1. The fourth-order valence-electron chi connectivity index (χ4n) is 2.79. The van der Waals surface area contributed by atoms with Crippen LogP contribution in [0.4, 0.5) is 0 Å². The highest BCUT2D eigenvalue weighted by molar-refractivity contribution is 9.10. The molecule has 3 rings (SSSR count). The van der Waals surface area contributed by atoms with E-state index in [0.29, 0.717) is 19.1 Å². The predicted octanol–water partition coefficient (Wildman–Crippen LogP) is 1.74. The number of rotatable bonds is 3. The Balaban J connectivity index is 1.47. The van der Waals surface area contributed by atoms with E-state index >= 15 is 0 Å². The van der Waals surface area contributed by atoms with Gasteiger partial charge in [0.2, 0.25) is 5.91 Å². The lowest BCUT2D eigenvalue weighted by Gasteiger charge is -2.41. The molecule has 0 unspecified atom stereocenters. The van der Waals surface area contributed by atoms with Crippen LogP contribution < -0.4 is 0 Å². The maximum atomic E-state index is 12.3. The molecule has 2 saturated heterocycles. The predicted molar refractivity (Wildman–Crippen MR) is 80.3 cm³/mol. The SMILES string of the molecule is O=C(C1CN(Cc2cccc(Br)c2)C1)N1CCOCC1. The first-order chi connectivity index (χ1) is 9.72. The monoisotopic (exact) mass is 338 g/mol. The van der Waals surface area contributed by atoms with E-state index in [1.165, 1.54) is 5.56 Å². The van der Waals surface area contributed by atoms with Gasteiger partial charge in [-0.15, -0.1) is 0 Å². The van der Waals surface area contributed by atoms with Crippen molar-refractivity contribution in [3.8, 4) is 0 Å². The summed E-state index contributed by atoms with van der Waals surface area (Å²) in [6.07, 6.45) is 0. The molecule has 2 heterocycles. The van der Waals surface area contributed by atoms with Crippen LogP contribution in [0.15, 0.2) is 28.7 Å². The fraction of sp³-hybridized carbons (Fsp3) is 0.533. The molecule has 0 spiro atoms. The van der Waals surface area contributed by atoms with Crippen LogP contribution in [0.5, 0.6) is 0 Å². The first-order valence-electron chi connectivity index (χ1n) is 7.06. The van der Waals surface area contributed by atoms with Gasteiger partial charge in [-0.2, -0.15) is 0 Å². The van der Waals surface area contributed by atoms with Gasteiger partial charge in [-0.05, 0) is 17.7 Å². The molecule has 0 N–H and O–H groups in total. The van der Waals surface area contributed by atoms with Gasteiger partial charge in [0, 0.05) is 37.2 Å². The Morgan fingerprint density at radius 1 is 1.30 bits per heavy atom. The molecule has 108 valence electrons. The molecule has 0 radical (unpaired) electrons. The molecule has 0 saturated carbocycles. The minimum absolute atomic E-state index is 0.181. The van der Waals surface area contributed by atoms with Crippen LogP contribution in [0.2, 0.25) is 0 Å². The molecule has 4 nitrogen and oxygen atoms in total. The zero-order valence-corrected chi connectivity index (χ0v) is 13.0. The summed E-state index contributed by atoms with van der Waals surface area (Å²) in [5, 5.41) is 0. The molecular formula is C15H19BrN2O2. The zero-order chi connectivity index (χ0) is 13.9. The van der Waals surface area contributed by atoms with E-state index in [1.54, 1.807) is 0 Å². The molecule has 0 aliphatic carbocycles. The van der Waals surface area contributed by atoms with Crippen LogP contribution in [-0.2, 0) is 16.1 Å². The number of hydrogen-bond acceptors (Lipinski definition) is 3. The Morgan fingerprint density at radius 3 is 2.75 bits per heavy atom. The normalized spacial score (nSPS) is 20.8. The number of carbonyl (C=O) groups is 1. The van der Waals surface area contributed by atoms with Gasteiger partial charge < -0.3 is 9.64 Å². The van der Waals surface area contributed by atoms with Crippen LogP contribution >= 0.6 is 15.9 Å². The van der Waals surface area contributed by atoms with Gasteiger partial charge >= 0.3 is 0 Å². The Labute approximate surface area is 127 Å². The third kappa shape index (κ3) is 3.22. The summed E-state index contributed by atoms with van der Waals surface area (Å²) in [5.41, 5.74) is 1.29. The van der Waals surface area contributed by atoms with E-state index in [1.807, 2.05) is 11.0 Å². The summed E-state index contributed by atoms with van der Waals surface area (Å²) in [6, 6.07) is 8.35. The Hall–Kier alpha value is -0.910. The lowest BCUT2D eigenvalue weighted by Crippen LogP contribution is -2.55. The average molecular weight is 339 g/mol. The second kappa shape index (κ2) is 6.24. The number of nitrogens with zero attached hydrogens (tertiary/aromatic N) is 2. The quantitative estimate of drug-likeness (QED) is 0.841. The number of halogens is 1. The van der Waals surface area contributed by atoms with Crippen molar-refractivity contribution < 1.29 is 9.53 Å². The molecule has 0 atom stereocenters. The number of amides is 1. The van der Waals surface area contributed by atoms with Gasteiger partial charge in [-0.1, -0.05) is 28.1 Å². The smallest absolute Gasteiger partial charge is 0.228 e. The topological polar surface area (TPSA) is 32.8 Å². The number of carbonyl (C=O) groups excluding carboxylic acids is 1.